The largest absolute Gasteiger partial charge is 0.416 e. The summed E-state index contributed by atoms with van der Waals surface area (Å²) >= 11 is 0. The minimum absolute atomic E-state index is 0.142. The van der Waals surface area contributed by atoms with Gasteiger partial charge in [0, 0.05) is 70.5 Å². The molecule has 1 atom stereocenters. The number of ether oxygens (including phenoxy) is 1. The van der Waals surface area contributed by atoms with Crippen molar-refractivity contribution in [3.8, 4) is 0 Å². The number of halogens is 3. The second kappa shape index (κ2) is 16.6. The van der Waals surface area contributed by atoms with E-state index in [9.17, 15) is 22.8 Å². The Morgan fingerprint density at radius 2 is 1.33 bits per heavy atom. The predicted molar refractivity (Wildman–Crippen MR) is 197 cm³/mol. The SMILES string of the molecule is CC(Cc1ccccc1)(C(=O)N1CCN(Cc2ccccc2)CC1)N(Cc1ccc(N2CCOCC2)cc1)C(=O)/C=C/c1ccc(C(F)(F)F)cc1. The third-order valence-corrected chi connectivity index (χ3v) is 9.93. The molecule has 4 aromatic rings. The van der Waals surface area contributed by atoms with Crippen molar-refractivity contribution in [2.75, 3.05) is 57.4 Å². The zero-order valence-corrected chi connectivity index (χ0v) is 29.5. The third-order valence-electron chi connectivity index (χ3n) is 9.93. The van der Waals surface area contributed by atoms with Crippen LogP contribution in [-0.2, 0) is 40.0 Å². The maximum absolute atomic E-state index is 14.9. The van der Waals surface area contributed by atoms with Crippen LogP contribution in [0.1, 0.15) is 34.7 Å². The van der Waals surface area contributed by atoms with E-state index < -0.39 is 23.2 Å². The predicted octanol–water partition coefficient (Wildman–Crippen LogP) is 6.93. The van der Waals surface area contributed by atoms with Crippen molar-refractivity contribution in [2.45, 2.75) is 38.1 Å². The van der Waals surface area contributed by atoms with Crippen molar-refractivity contribution >= 4 is 23.6 Å². The molecule has 6 rings (SSSR count). The zero-order valence-electron chi connectivity index (χ0n) is 29.5. The van der Waals surface area contributed by atoms with Gasteiger partial charge in [0.15, 0.2) is 0 Å². The van der Waals surface area contributed by atoms with E-state index >= 15 is 0 Å². The van der Waals surface area contributed by atoms with Crippen LogP contribution in [0.15, 0.2) is 115 Å². The van der Waals surface area contributed by atoms with Crippen molar-refractivity contribution in [1.82, 2.24) is 14.7 Å². The molecule has 2 aliphatic heterocycles. The zero-order chi connectivity index (χ0) is 36.6. The van der Waals surface area contributed by atoms with Crippen molar-refractivity contribution in [2.24, 2.45) is 0 Å². The summed E-state index contributed by atoms with van der Waals surface area (Å²) in [6, 6.07) is 32.6. The van der Waals surface area contributed by atoms with Crippen LogP contribution in [0.25, 0.3) is 6.08 Å². The van der Waals surface area contributed by atoms with E-state index in [4.69, 9.17) is 4.74 Å². The minimum Gasteiger partial charge on any atom is -0.378 e. The first-order valence-corrected chi connectivity index (χ1v) is 17.8. The summed E-state index contributed by atoms with van der Waals surface area (Å²) in [5.74, 6) is -0.552. The normalized spacial score (nSPS) is 16.8. The summed E-state index contributed by atoms with van der Waals surface area (Å²) in [6.45, 7) is 8.14. The Balaban J connectivity index is 1.29. The lowest BCUT2D eigenvalue weighted by Crippen LogP contribution is -2.62. The maximum atomic E-state index is 14.9. The second-order valence-electron chi connectivity index (χ2n) is 13.6. The molecule has 272 valence electrons. The van der Waals surface area contributed by atoms with Gasteiger partial charge in [-0.25, -0.2) is 0 Å². The van der Waals surface area contributed by atoms with Gasteiger partial charge in [0.2, 0.25) is 11.8 Å². The number of hydrogen-bond donors (Lipinski definition) is 0. The number of rotatable bonds is 11. The number of alkyl halides is 3. The number of benzene rings is 4. The van der Waals surface area contributed by atoms with E-state index in [-0.39, 0.29) is 18.9 Å². The molecule has 2 amide bonds. The summed E-state index contributed by atoms with van der Waals surface area (Å²) in [7, 11) is 0. The lowest BCUT2D eigenvalue weighted by atomic mass is 9.88. The Kier molecular flexibility index (Phi) is 11.8. The van der Waals surface area contributed by atoms with E-state index in [2.05, 4.69) is 21.9 Å². The van der Waals surface area contributed by atoms with Crippen LogP contribution in [0.2, 0.25) is 0 Å². The molecule has 7 nitrogen and oxygen atoms in total. The average molecular weight is 711 g/mol. The van der Waals surface area contributed by atoms with Crippen LogP contribution in [0, 0.1) is 0 Å². The van der Waals surface area contributed by atoms with Gasteiger partial charge in [0.25, 0.3) is 0 Å². The minimum atomic E-state index is -4.46. The summed E-state index contributed by atoms with van der Waals surface area (Å²) in [6.07, 6.45) is -1.31. The highest BCUT2D eigenvalue weighted by molar-refractivity contribution is 5.97. The molecule has 0 spiro atoms. The highest BCUT2D eigenvalue weighted by Gasteiger charge is 2.45. The topological polar surface area (TPSA) is 56.3 Å². The molecule has 52 heavy (non-hydrogen) atoms. The van der Waals surface area contributed by atoms with Gasteiger partial charge in [0.05, 0.1) is 18.8 Å². The number of carbonyl (C=O) groups excluding carboxylic acids is 2. The van der Waals surface area contributed by atoms with E-state index in [1.807, 2.05) is 84.6 Å². The maximum Gasteiger partial charge on any atom is 0.416 e. The molecule has 2 aliphatic rings. The van der Waals surface area contributed by atoms with Crippen LogP contribution < -0.4 is 4.90 Å². The summed E-state index contributed by atoms with van der Waals surface area (Å²) in [4.78, 5) is 37.3. The second-order valence-corrected chi connectivity index (χ2v) is 13.6. The number of carbonyl (C=O) groups is 2. The fraction of sp³-hybridized carbons (Fsp3) is 0.333. The summed E-state index contributed by atoms with van der Waals surface area (Å²) < 4.78 is 45.1. The molecule has 1 unspecified atom stereocenters. The van der Waals surface area contributed by atoms with Crippen LogP contribution >= 0.6 is 0 Å². The van der Waals surface area contributed by atoms with Crippen LogP contribution in [-0.4, -0.2) is 84.5 Å². The molecule has 0 bridgehead atoms. The van der Waals surface area contributed by atoms with E-state index in [0.29, 0.717) is 45.0 Å². The molecule has 0 radical (unpaired) electrons. The van der Waals surface area contributed by atoms with Crippen molar-refractivity contribution in [3.05, 3.63) is 143 Å². The van der Waals surface area contributed by atoms with Crippen LogP contribution in [0.3, 0.4) is 0 Å². The Bertz CT molecular complexity index is 1790. The monoisotopic (exact) mass is 710 g/mol. The van der Waals surface area contributed by atoms with Gasteiger partial charge in [-0.15, -0.1) is 0 Å². The molecule has 10 heteroatoms. The summed E-state index contributed by atoms with van der Waals surface area (Å²) in [5.41, 5.74) is 2.44. The first kappa shape index (κ1) is 36.8. The number of nitrogens with zero attached hydrogens (tertiary/aromatic N) is 4. The van der Waals surface area contributed by atoms with Crippen molar-refractivity contribution < 1.29 is 27.5 Å². The fourth-order valence-electron chi connectivity index (χ4n) is 6.92. The van der Waals surface area contributed by atoms with Gasteiger partial charge in [-0.2, -0.15) is 13.2 Å². The van der Waals surface area contributed by atoms with Gasteiger partial charge in [-0.3, -0.25) is 14.5 Å². The van der Waals surface area contributed by atoms with Gasteiger partial charge in [-0.05, 0) is 59.5 Å². The average Bonchev–Trinajstić information content (AvgIpc) is 3.17. The molecule has 4 aromatic carbocycles. The van der Waals surface area contributed by atoms with Crippen molar-refractivity contribution in [3.63, 3.8) is 0 Å². The molecule has 0 aliphatic carbocycles. The molecule has 0 N–H and O–H groups in total. The van der Waals surface area contributed by atoms with Gasteiger partial charge in [0.1, 0.15) is 5.54 Å². The lowest BCUT2D eigenvalue weighted by Gasteiger charge is -2.45. The first-order chi connectivity index (χ1) is 25.1. The Hall–Kier alpha value is -4.93. The first-order valence-electron chi connectivity index (χ1n) is 17.8. The van der Waals surface area contributed by atoms with Crippen LogP contribution in [0.5, 0.6) is 0 Å². The van der Waals surface area contributed by atoms with E-state index in [1.54, 1.807) is 4.90 Å². The van der Waals surface area contributed by atoms with Gasteiger partial charge < -0.3 is 19.4 Å². The highest BCUT2D eigenvalue weighted by atomic mass is 19.4. The molecule has 2 fully saturated rings. The number of amides is 2. The molecule has 2 heterocycles. The number of morpholine rings is 1. The molecule has 0 saturated carbocycles. The quantitative estimate of drug-likeness (QED) is 0.158. The van der Waals surface area contributed by atoms with Gasteiger partial charge >= 0.3 is 6.18 Å². The Morgan fingerprint density at radius 1 is 0.731 bits per heavy atom. The molecule has 2 saturated heterocycles. The standard InChI is InChI=1S/C42H45F3N4O3/c1-41(30-34-8-4-2-5-9-34,40(51)48-24-22-46(23-25-48)31-35-10-6-3-7-11-35)49(32-36-14-19-38(20-15-36)47-26-28-52-29-27-47)39(50)21-16-33-12-17-37(18-13-33)42(43,44)45/h2-21H,22-32H2,1H3/b21-16+. The molecular formula is C42H45F3N4O3. The molecule has 0 aromatic heterocycles. The Morgan fingerprint density at radius 3 is 1.92 bits per heavy atom. The smallest absolute Gasteiger partial charge is 0.378 e. The third kappa shape index (κ3) is 9.29. The number of hydrogen-bond acceptors (Lipinski definition) is 5. The van der Waals surface area contributed by atoms with Gasteiger partial charge in [-0.1, -0.05) is 84.9 Å². The highest BCUT2D eigenvalue weighted by Crippen LogP contribution is 2.31. The Labute approximate surface area is 303 Å². The number of anilines is 1. The number of piperazine rings is 1. The lowest BCUT2D eigenvalue weighted by molar-refractivity contribution is -0.153. The molecular weight excluding hydrogens is 665 g/mol. The van der Waals surface area contributed by atoms with E-state index in [0.717, 1.165) is 48.6 Å². The van der Waals surface area contributed by atoms with Crippen LogP contribution in [0.4, 0.5) is 18.9 Å². The fourth-order valence-corrected chi connectivity index (χ4v) is 6.92. The van der Waals surface area contributed by atoms with E-state index in [1.165, 1.54) is 29.8 Å². The summed E-state index contributed by atoms with van der Waals surface area (Å²) in [5, 5.41) is 0. The van der Waals surface area contributed by atoms with Crippen molar-refractivity contribution in [1.29, 1.82) is 0 Å².